The molecule has 1 saturated heterocycles. The Labute approximate surface area is 199 Å². The number of methoxy groups -OCH3 is 1. The Kier molecular flexibility index (Phi) is 5.92. The van der Waals surface area contributed by atoms with Gasteiger partial charge in [-0.3, -0.25) is 4.40 Å². The number of alkyl halides is 3. The molecule has 2 aromatic heterocycles. The van der Waals surface area contributed by atoms with Crippen LogP contribution in [0.1, 0.15) is 36.1 Å². The van der Waals surface area contributed by atoms with E-state index in [0.717, 1.165) is 23.4 Å². The molecule has 2 atom stereocenters. The number of nitrogens with one attached hydrogen (secondary N) is 1. The fraction of sp³-hybridized carbons (Fsp3) is 0.360. The summed E-state index contributed by atoms with van der Waals surface area (Å²) in [7, 11) is 1.57. The van der Waals surface area contributed by atoms with Crippen molar-refractivity contribution in [1.29, 1.82) is 0 Å². The Morgan fingerprint density at radius 3 is 2.77 bits per heavy atom. The summed E-state index contributed by atoms with van der Waals surface area (Å²) >= 11 is 0. The number of ether oxygens (including phenoxy) is 3. The van der Waals surface area contributed by atoms with Crippen LogP contribution in [0, 0.1) is 6.92 Å². The van der Waals surface area contributed by atoms with Gasteiger partial charge in [0.25, 0.3) is 0 Å². The highest BCUT2D eigenvalue weighted by molar-refractivity contribution is 5.94. The molecule has 184 valence electrons. The maximum Gasteiger partial charge on any atom is 0.416 e. The first-order valence-electron chi connectivity index (χ1n) is 11.3. The monoisotopic (exact) mass is 486 g/mol. The molecule has 1 aliphatic heterocycles. The molecule has 35 heavy (non-hydrogen) atoms. The van der Waals surface area contributed by atoms with Gasteiger partial charge in [0.2, 0.25) is 5.78 Å². The molecule has 1 unspecified atom stereocenters. The summed E-state index contributed by atoms with van der Waals surface area (Å²) in [5, 5.41) is 4.03. The van der Waals surface area contributed by atoms with Crippen molar-refractivity contribution in [2.24, 2.45) is 0 Å². The lowest BCUT2D eigenvalue weighted by molar-refractivity contribution is -0.138. The standard InChI is InChI=1S/C25H25F3N4O3/c1-14-17(5-4-6-19(14)25(26,27)28)15(2)30-23-18-11-22(35-16-7-10-34-13-16)21(33-3)12-20(18)32-9-8-29-24(32)31-23/h4-6,8-9,11-12,15-16H,7,10,13H2,1-3H3,(H,29,30,31)/t15-,16?/m1/s1. The summed E-state index contributed by atoms with van der Waals surface area (Å²) < 4.78 is 59.4. The maximum atomic E-state index is 13.5. The number of hydrogen-bond donors (Lipinski definition) is 1. The molecule has 1 fully saturated rings. The predicted octanol–water partition coefficient (Wildman–Crippen LogP) is 5.56. The summed E-state index contributed by atoms with van der Waals surface area (Å²) in [5.41, 5.74) is 0.836. The minimum atomic E-state index is -4.42. The molecule has 0 radical (unpaired) electrons. The van der Waals surface area contributed by atoms with Crippen LogP contribution in [0.2, 0.25) is 0 Å². The lowest BCUT2D eigenvalue weighted by Gasteiger charge is -2.22. The first-order chi connectivity index (χ1) is 16.8. The van der Waals surface area contributed by atoms with Gasteiger partial charge < -0.3 is 19.5 Å². The number of nitrogens with zero attached hydrogens (tertiary/aromatic N) is 3. The van der Waals surface area contributed by atoms with Gasteiger partial charge in [0, 0.05) is 30.3 Å². The van der Waals surface area contributed by atoms with Crippen molar-refractivity contribution in [3.05, 3.63) is 59.4 Å². The molecule has 0 amide bonds. The van der Waals surface area contributed by atoms with Crippen LogP contribution in [-0.4, -0.2) is 40.8 Å². The van der Waals surface area contributed by atoms with Gasteiger partial charge in [0.15, 0.2) is 11.5 Å². The van der Waals surface area contributed by atoms with Gasteiger partial charge >= 0.3 is 6.18 Å². The second-order valence-corrected chi connectivity index (χ2v) is 8.56. The molecule has 2 aromatic carbocycles. The van der Waals surface area contributed by atoms with Gasteiger partial charge in [0.05, 0.1) is 37.4 Å². The van der Waals surface area contributed by atoms with E-state index in [0.29, 0.717) is 41.9 Å². The molecule has 0 aliphatic carbocycles. The fourth-order valence-electron chi connectivity index (χ4n) is 4.52. The molecule has 10 heteroatoms. The normalized spacial score (nSPS) is 17.1. The van der Waals surface area contributed by atoms with E-state index in [1.165, 1.54) is 13.0 Å². The van der Waals surface area contributed by atoms with Crippen molar-refractivity contribution in [2.75, 3.05) is 25.6 Å². The second-order valence-electron chi connectivity index (χ2n) is 8.56. The summed E-state index contributed by atoms with van der Waals surface area (Å²) in [6, 6.07) is 7.44. The van der Waals surface area contributed by atoms with Crippen molar-refractivity contribution < 1.29 is 27.4 Å². The third-order valence-electron chi connectivity index (χ3n) is 6.31. The van der Waals surface area contributed by atoms with Crippen molar-refractivity contribution >= 4 is 22.5 Å². The Morgan fingerprint density at radius 1 is 1.23 bits per heavy atom. The third kappa shape index (κ3) is 4.34. The quantitative estimate of drug-likeness (QED) is 0.385. The highest BCUT2D eigenvalue weighted by Crippen LogP contribution is 2.39. The van der Waals surface area contributed by atoms with Crippen LogP contribution < -0.4 is 14.8 Å². The van der Waals surface area contributed by atoms with E-state index in [4.69, 9.17) is 14.2 Å². The van der Waals surface area contributed by atoms with E-state index < -0.39 is 17.8 Å². The molecular formula is C25H25F3N4O3. The fourth-order valence-corrected chi connectivity index (χ4v) is 4.52. The Morgan fingerprint density at radius 2 is 2.06 bits per heavy atom. The first-order valence-corrected chi connectivity index (χ1v) is 11.3. The van der Waals surface area contributed by atoms with Crippen LogP contribution in [0.15, 0.2) is 42.7 Å². The van der Waals surface area contributed by atoms with E-state index in [1.807, 2.05) is 23.5 Å². The number of imidazole rings is 1. The van der Waals surface area contributed by atoms with Crippen LogP contribution in [0.5, 0.6) is 11.5 Å². The Balaban J connectivity index is 1.60. The van der Waals surface area contributed by atoms with Crippen molar-refractivity contribution in [1.82, 2.24) is 14.4 Å². The molecular weight excluding hydrogens is 461 g/mol. The van der Waals surface area contributed by atoms with Gasteiger partial charge in [-0.05, 0) is 37.1 Å². The van der Waals surface area contributed by atoms with E-state index in [2.05, 4.69) is 15.3 Å². The van der Waals surface area contributed by atoms with Gasteiger partial charge in [-0.15, -0.1) is 0 Å². The number of rotatable bonds is 6. The van der Waals surface area contributed by atoms with Crippen molar-refractivity contribution in [2.45, 2.75) is 38.6 Å². The van der Waals surface area contributed by atoms with Crippen LogP contribution in [0.3, 0.4) is 0 Å². The number of fused-ring (bicyclic) bond motifs is 3. The number of anilines is 1. The zero-order valence-electron chi connectivity index (χ0n) is 19.5. The van der Waals surface area contributed by atoms with E-state index in [1.54, 1.807) is 25.6 Å². The topological polar surface area (TPSA) is 69.9 Å². The number of hydrogen-bond acceptors (Lipinski definition) is 6. The van der Waals surface area contributed by atoms with Gasteiger partial charge in [-0.1, -0.05) is 12.1 Å². The number of aromatic nitrogens is 3. The molecule has 4 aromatic rings. The first kappa shape index (κ1) is 23.2. The van der Waals surface area contributed by atoms with Crippen molar-refractivity contribution in [3.8, 4) is 11.5 Å². The number of halogens is 3. The Bertz CT molecular complexity index is 1380. The van der Waals surface area contributed by atoms with E-state index in [-0.39, 0.29) is 11.7 Å². The highest BCUT2D eigenvalue weighted by atomic mass is 19.4. The summed E-state index contributed by atoms with van der Waals surface area (Å²) in [4.78, 5) is 8.96. The zero-order chi connectivity index (χ0) is 24.7. The zero-order valence-corrected chi connectivity index (χ0v) is 19.5. The minimum absolute atomic E-state index is 0.0885. The molecule has 0 saturated carbocycles. The predicted molar refractivity (Wildman–Crippen MR) is 125 cm³/mol. The van der Waals surface area contributed by atoms with Crippen LogP contribution in [0.4, 0.5) is 19.0 Å². The Hall–Kier alpha value is -3.53. The van der Waals surface area contributed by atoms with Gasteiger partial charge in [-0.25, -0.2) is 4.98 Å². The lowest BCUT2D eigenvalue weighted by atomic mass is 9.97. The largest absolute Gasteiger partial charge is 0.493 e. The average Bonchev–Trinajstić information content (AvgIpc) is 3.50. The molecule has 1 N–H and O–H groups in total. The molecule has 7 nitrogen and oxygen atoms in total. The van der Waals surface area contributed by atoms with E-state index in [9.17, 15) is 13.2 Å². The summed E-state index contributed by atoms with van der Waals surface area (Å²) in [6.45, 7) is 4.43. The molecule has 3 heterocycles. The van der Waals surface area contributed by atoms with Crippen LogP contribution in [-0.2, 0) is 10.9 Å². The molecule has 0 bridgehead atoms. The molecule has 5 rings (SSSR count). The smallest absolute Gasteiger partial charge is 0.416 e. The van der Waals surface area contributed by atoms with Gasteiger partial charge in [0.1, 0.15) is 11.9 Å². The van der Waals surface area contributed by atoms with Crippen molar-refractivity contribution in [3.63, 3.8) is 0 Å². The summed E-state index contributed by atoms with van der Waals surface area (Å²) in [5.74, 6) is 2.03. The SMILES string of the molecule is COc1cc2c(cc1OC1CCOC1)c(N[C@H](C)c1cccc(C(F)(F)F)c1C)nc1nccn12. The van der Waals surface area contributed by atoms with Crippen LogP contribution in [0.25, 0.3) is 16.7 Å². The van der Waals surface area contributed by atoms with Crippen LogP contribution >= 0.6 is 0 Å². The highest BCUT2D eigenvalue weighted by Gasteiger charge is 2.33. The van der Waals surface area contributed by atoms with Gasteiger partial charge in [-0.2, -0.15) is 18.2 Å². The lowest BCUT2D eigenvalue weighted by Crippen LogP contribution is -2.16. The molecule has 1 aliphatic rings. The minimum Gasteiger partial charge on any atom is -0.493 e. The maximum absolute atomic E-state index is 13.5. The second kappa shape index (κ2) is 8.92. The third-order valence-corrected chi connectivity index (χ3v) is 6.31. The summed E-state index contributed by atoms with van der Waals surface area (Å²) in [6.07, 6.45) is -0.309. The number of benzene rings is 2. The average molecular weight is 486 g/mol. The van der Waals surface area contributed by atoms with E-state index >= 15 is 0 Å². The molecule has 0 spiro atoms.